The van der Waals surface area contributed by atoms with Gasteiger partial charge >= 0.3 is 18.5 Å². The summed E-state index contributed by atoms with van der Waals surface area (Å²) in [6, 6.07) is 17.1. The quantitative estimate of drug-likeness (QED) is 0.0932. The molecule has 18 nitrogen and oxygen atoms in total. The number of piperidine rings is 3. The van der Waals surface area contributed by atoms with Crippen LogP contribution in [-0.2, 0) is 72.6 Å². The number of likely N-dealkylation sites (tertiary alicyclic amines) is 3. The Kier molecular flexibility index (Phi) is 21.2. The molecule has 6 aliphatic rings. The molecule has 0 radical (unpaired) electrons. The van der Waals surface area contributed by atoms with Crippen LogP contribution in [0.2, 0.25) is 0 Å². The number of carbonyl (C=O) groups is 4. The molecule has 514 valence electrons. The molecule has 0 aliphatic carbocycles. The van der Waals surface area contributed by atoms with Crippen LogP contribution in [0, 0.1) is 17.8 Å². The fourth-order valence-corrected chi connectivity index (χ4v) is 15.7. The number of sulfonamides is 1. The van der Waals surface area contributed by atoms with Crippen LogP contribution in [0.3, 0.4) is 0 Å². The van der Waals surface area contributed by atoms with Crippen molar-refractivity contribution in [1.82, 2.24) is 59.4 Å². The van der Waals surface area contributed by atoms with Crippen LogP contribution < -0.4 is 0 Å². The number of aromatic nitrogens is 6. The SMILES string of the molecule is CC(C)CC(=O)N1Cc2[nH]nc(C(=O)N3CCC(c4ccccc4C(F)(F)F)CC3)c2C1.CC(C)CN1Cc2[nH]nc(C(=O)N3CCC(c4ccccc4C(F)(F)F)CC3)c2C1.CC(C)CS(=O)(=O)N1Cc2[nH]nc(C(=O)N3CCC(c4ccccc4C(F)(F)F)CC3)c2C1. The molecule has 6 aromatic rings. The van der Waals surface area contributed by atoms with Gasteiger partial charge in [-0.1, -0.05) is 96.1 Å². The Bertz CT molecular complexity index is 3840. The van der Waals surface area contributed by atoms with E-state index < -0.39 is 45.2 Å². The van der Waals surface area contributed by atoms with Gasteiger partial charge in [0, 0.05) is 88.6 Å². The van der Waals surface area contributed by atoms with Crippen LogP contribution in [0.1, 0.15) is 203 Å². The minimum atomic E-state index is -4.42. The van der Waals surface area contributed by atoms with E-state index in [1.807, 2.05) is 27.7 Å². The zero-order valence-electron chi connectivity index (χ0n) is 54.0. The van der Waals surface area contributed by atoms with Crippen molar-refractivity contribution in [3.63, 3.8) is 0 Å². The molecule has 12 rings (SSSR count). The predicted octanol–water partition coefficient (Wildman–Crippen LogP) is 12.5. The standard InChI is InChI=1S/C23H27F3N4O2.C22H27F3N4O3S.C22H27F3N4O/c1-14(2)11-20(31)30-12-17-19(13-30)27-28-21(17)22(32)29-9-7-15(8-10-29)16-5-3-4-6-18(16)23(24,25)26;1-14(2)13-33(31,32)29-11-17-19(12-29)26-27-20(17)21(30)28-9-7-15(8-10-28)16-5-3-4-6-18(16)22(23,24)25;1-14(2)11-28-12-17-19(13-28)26-27-20(17)21(30)29-9-7-15(8-10-29)16-5-3-4-6-18(16)22(23,24)25/h3-6,14-15H,7-13H2,1-2H3,(H,27,28);3-6,14-15H,7-13H2,1-2H3,(H,26,27);3-6,14-15H,7-13H2,1-2H3,(H,26,27). The molecule has 4 amide bonds. The molecule has 0 bridgehead atoms. The summed E-state index contributed by atoms with van der Waals surface area (Å²) in [6.45, 7) is 17.7. The van der Waals surface area contributed by atoms with E-state index in [0.717, 1.165) is 53.8 Å². The maximum atomic E-state index is 13.4. The van der Waals surface area contributed by atoms with Gasteiger partial charge in [-0.05, 0) is 109 Å². The number of rotatable bonds is 13. The van der Waals surface area contributed by atoms with Crippen molar-refractivity contribution in [3.05, 3.63) is 157 Å². The van der Waals surface area contributed by atoms with Gasteiger partial charge in [0.25, 0.3) is 17.7 Å². The number of alkyl halides is 9. The smallest absolute Gasteiger partial charge is 0.337 e. The van der Waals surface area contributed by atoms with Crippen molar-refractivity contribution in [3.8, 4) is 0 Å². The van der Waals surface area contributed by atoms with Gasteiger partial charge in [0.1, 0.15) is 0 Å². The Morgan fingerprint density at radius 1 is 0.453 bits per heavy atom. The van der Waals surface area contributed by atoms with Crippen LogP contribution in [0.25, 0.3) is 0 Å². The number of halogens is 9. The van der Waals surface area contributed by atoms with Gasteiger partial charge in [-0.25, -0.2) is 8.42 Å². The average Bonchev–Trinajstić information content (AvgIpc) is 1.70. The maximum Gasteiger partial charge on any atom is 0.416 e. The number of aromatic amines is 3. The van der Waals surface area contributed by atoms with Crippen LogP contribution in [0.5, 0.6) is 0 Å². The highest BCUT2D eigenvalue weighted by Gasteiger charge is 2.42. The third kappa shape index (κ3) is 16.1. The van der Waals surface area contributed by atoms with E-state index in [2.05, 4.69) is 49.3 Å². The number of benzene rings is 3. The van der Waals surface area contributed by atoms with Crippen molar-refractivity contribution in [2.45, 2.75) is 162 Å². The molecular weight excluding hydrogens is 1270 g/mol. The topological polar surface area (TPSA) is 208 Å². The molecule has 0 saturated carbocycles. The number of fused-ring (bicyclic) bond motifs is 3. The fourth-order valence-electron chi connectivity index (χ4n) is 14.0. The van der Waals surface area contributed by atoms with Gasteiger partial charge in [0.15, 0.2) is 17.1 Å². The fraction of sp³-hybridized carbons (Fsp3) is 0.537. The molecular formula is C67H81F9N12O6S. The maximum absolute atomic E-state index is 13.4. The lowest BCUT2D eigenvalue weighted by Crippen LogP contribution is -2.39. The summed E-state index contributed by atoms with van der Waals surface area (Å²) in [6.07, 6.45) is -9.92. The lowest BCUT2D eigenvalue weighted by molar-refractivity contribution is -0.139. The van der Waals surface area contributed by atoms with Gasteiger partial charge in [-0.3, -0.25) is 39.4 Å². The highest BCUT2D eigenvalue weighted by Crippen LogP contribution is 2.43. The molecule has 0 spiro atoms. The Labute approximate surface area is 546 Å². The number of H-pyrrole nitrogens is 3. The third-order valence-electron chi connectivity index (χ3n) is 18.6. The average molecular weight is 1350 g/mol. The Morgan fingerprint density at radius 3 is 1.16 bits per heavy atom. The number of nitrogens with zero attached hydrogens (tertiary/aromatic N) is 9. The second-order valence-corrected chi connectivity index (χ2v) is 28.9. The van der Waals surface area contributed by atoms with Crippen LogP contribution in [0.15, 0.2) is 72.8 Å². The van der Waals surface area contributed by atoms with Crippen molar-refractivity contribution in [2.75, 3.05) is 51.6 Å². The molecule has 0 atom stereocenters. The molecule has 0 unspecified atom stereocenters. The first-order valence-electron chi connectivity index (χ1n) is 32.4. The van der Waals surface area contributed by atoms with E-state index in [9.17, 15) is 67.1 Å². The van der Waals surface area contributed by atoms with Gasteiger partial charge in [0.05, 0.1) is 59.2 Å². The van der Waals surface area contributed by atoms with Crippen molar-refractivity contribution < 1.29 is 67.1 Å². The zero-order chi connectivity index (χ0) is 68.5. The number of nitrogens with one attached hydrogen (secondary N) is 3. The molecule has 3 N–H and O–H groups in total. The van der Waals surface area contributed by atoms with Crippen molar-refractivity contribution >= 4 is 33.7 Å². The monoisotopic (exact) mass is 1350 g/mol. The van der Waals surface area contributed by atoms with E-state index in [0.29, 0.717) is 144 Å². The Morgan fingerprint density at radius 2 is 0.800 bits per heavy atom. The Balaban J connectivity index is 0.000000155. The molecule has 3 aromatic carbocycles. The van der Waals surface area contributed by atoms with Crippen LogP contribution >= 0.6 is 0 Å². The van der Waals surface area contributed by atoms with Gasteiger partial charge < -0.3 is 19.6 Å². The normalized spacial score (nSPS) is 17.9. The summed E-state index contributed by atoms with van der Waals surface area (Å²) in [4.78, 5) is 60.7. The number of carbonyl (C=O) groups excluding carboxylic acids is 4. The molecule has 3 fully saturated rings. The summed E-state index contributed by atoms with van der Waals surface area (Å²) in [5.41, 5.74) is 4.76. The first-order valence-corrected chi connectivity index (χ1v) is 34.0. The van der Waals surface area contributed by atoms with E-state index >= 15 is 0 Å². The highest BCUT2D eigenvalue weighted by molar-refractivity contribution is 7.89. The summed E-state index contributed by atoms with van der Waals surface area (Å²) < 4.78 is 147. The summed E-state index contributed by atoms with van der Waals surface area (Å²) in [5.74, 6) is -0.547. The summed E-state index contributed by atoms with van der Waals surface area (Å²) >= 11 is 0. The summed E-state index contributed by atoms with van der Waals surface area (Å²) in [5, 5.41) is 21.3. The first-order chi connectivity index (χ1) is 44.9. The van der Waals surface area contributed by atoms with E-state index in [4.69, 9.17) is 0 Å². The number of amides is 4. The molecule has 3 saturated heterocycles. The van der Waals surface area contributed by atoms with Crippen molar-refractivity contribution in [2.24, 2.45) is 17.8 Å². The molecule has 28 heteroatoms. The minimum Gasteiger partial charge on any atom is -0.337 e. The van der Waals surface area contributed by atoms with Crippen LogP contribution in [0.4, 0.5) is 39.5 Å². The highest BCUT2D eigenvalue weighted by atomic mass is 32.2. The van der Waals surface area contributed by atoms with Crippen LogP contribution in [-0.4, -0.2) is 143 Å². The third-order valence-corrected chi connectivity index (χ3v) is 20.7. The van der Waals surface area contributed by atoms with E-state index in [1.54, 1.807) is 43.9 Å². The first kappa shape index (κ1) is 70.2. The van der Waals surface area contributed by atoms with E-state index in [1.165, 1.54) is 34.6 Å². The van der Waals surface area contributed by atoms with Crippen molar-refractivity contribution in [1.29, 1.82) is 0 Å². The second-order valence-electron chi connectivity index (χ2n) is 26.9. The molecule has 9 heterocycles. The Hall–Kier alpha value is -7.59. The van der Waals surface area contributed by atoms with Gasteiger partial charge in [-0.2, -0.15) is 59.1 Å². The predicted molar refractivity (Wildman–Crippen MR) is 334 cm³/mol. The molecule has 6 aliphatic heterocycles. The molecule has 95 heavy (non-hydrogen) atoms. The molecule has 3 aromatic heterocycles. The van der Waals surface area contributed by atoms with E-state index in [-0.39, 0.29) is 83.3 Å². The summed E-state index contributed by atoms with van der Waals surface area (Å²) in [7, 11) is -3.45. The minimum absolute atomic E-state index is 0.0167. The zero-order valence-corrected chi connectivity index (χ0v) is 54.8. The van der Waals surface area contributed by atoms with Gasteiger partial charge in [0.2, 0.25) is 15.9 Å². The second kappa shape index (κ2) is 28.6. The lowest BCUT2D eigenvalue weighted by atomic mass is 9.86. The number of hydrogen-bond acceptors (Lipinski definition) is 10. The van der Waals surface area contributed by atoms with Gasteiger partial charge in [-0.15, -0.1) is 0 Å². The number of hydrogen-bond donors (Lipinski definition) is 3. The largest absolute Gasteiger partial charge is 0.416 e. The lowest BCUT2D eigenvalue weighted by Gasteiger charge is -2.33.